The van der Waals surface area contributed by atoms with E-state index >= 15 is 0 Å². The maximum Gasteiger partial charge on any atom is 0.271 e. The number of rotatable bonds is 7. The van der Waals surface area contributed by atoms with Gasteiger partial charge in [-0.2, -0.15) is 0 Å². The zero-order valence-electron chi connectivity index (χ0n) is 20.3. The Morgan fingerprint density at radius 3 is 2.38 bits per heavy atom. The molecule has 2 unspecified atom stereocenters. The number of piperazine rings is 1. The summed E-state index contributed by atoms with van der Waals surface area (Å²) in [5.41, 5.74) is 12.4. The molecular formula is C25H29Cl2FN6O3. The van der Waals surface area contributed by atoms with Crippen LogP contribution in [-0.4, -0.2) is 47.0 Å². The van der Waals surface area contributed by atoms with Gasteiger partial charge in [-0.3, -0.25) is 9.59 Å². The van der Waals surface area contributed by atoms with Crippen LogP contribution >= 0.6 is 23.2 Å². The lowest BCUT2D eigenvalue weighted by Gasteiger charge is -2.36. The molecule has 0 aliphatic carbocycles. The van der Waals surface area contributed by atoms with Crippen LogP contribution in [0, 0.1) is 5.82 Å². The van der Waals surface area contributed by atoms with Gasteiger partial charge >= 0.3 is 0 Å². The highest BCUT2D eigenvalue weighted by atomic mass is 35.5. The molecule has 3 rings (SSSR count). The summed E-state index contributed by atoms with van der Waals surface area (Å²) in [7, 11) is 0. The maximum atomic E-state index is 13.7. The van der Waals surface area contributed by atoms with Gasteiger partial charge in [0, 0.05) is 59.6 Å². The van der Waals surface area contributed by atoms with Crippen LogP contribution in [-0.2, 0) is 11.3 Å². The average molecular weight is 551 g/mol. The lowest BCUT2D eigenvalue weighted by Crippen LogP contribution is -2.55. The van der Waals surface area contributed by atoms with E-state index < -0.39 is 17.5 Å². The highest BCUT2D eigenvalue weighted by Gasteiger charge is 2.25. The monoisotopic (exact) mass is 550 g/mol. The van der Waals surface area contributed by atoms with Crippen LogP contribution in [0.4, 0.5) is 10.1 Å². The highest BCUT2D eigenvalue weighted by Crippen LogP contribution is 2.27. The Morgan fingerprint density at radius 1 is 1.14 bits per heavy atom. The number of halogens is 3. The van der Waals surface area contributed by atoms with E-state index in [1.165, 1.54) is 6.07 Å². The Labute approximate surface area is 224 Å². The van der Waals surface area contributed by atoms with Gasteiger partial charge in [0.2, 0.25) is 0 Å². The number of carbonyl (C=O) groups excluding carboxylic acids is 2. The Morgan fingerprint density at radius 2 is 1.76 bits per heavy atom. The summed E-state index contributed by atoms with van der Waals surface area (Å²) in [6.07, 6.45) is 0.969. The van der Waals surface area contributed by atoms with Crippen LogP contribution in [0.5, 0.6) is 0 Å². The average Bonchev–Trinajstić information content (AvgIpc) is 2.85. The van der Waals surface area contributed by atoms with Crippen LogP contribution < -0.4 is 27.4 Å². The third-order valence-corrected chi connectivity index (χ3v) is 6.42. The number of anilines is 1. The number of nitrogens with zero attached hydrogens (tertiary/aromatic N) is 1. The molecule has 0 bridgehead atoms. The van der Waals surface area contributed by atoms with Crippen molar-refractivity contribution >= 4 is 40.7 Å². The van der Waals surface area contributed by atoms with E-state index in [-0.39, 0.29) is 51.7 Å². The molecule has 37 heavy (non-hydrogen) atoms. The van der Waals surface area contributed by atoms with Gasteiger partial charge in [-0.15, -0.1) is 0 Å². The van der Waals surface area contributed by atoms with E-state index in [2.05, 4.69) is 16.0 Å². The summed E-state index contributed by atoms with van der Waals surface area (Å²) in [5, 5.41) is 18.9. The number of benzene rings is 2. The fourth-order valence-corrected chi connectivity index (χ4v) is 4.37. The van der Waals surface area contributed by atoms with Crippen molar-refractivity contribution in [1.82, 2.24) is 15.5 Å². The normalized spacial score (nSPS) is 18.7. The van der Waals surface area contributed by atoms with Crippen molar-refractivity contribution in [3.8, 4) is 0 Å². The first-order valence-electron chi connectivity index (χ1n) is 11.4. The van der Waals surface area contributed by atoms with Gasteiger partial charge in [0.15, 0.2) is 5.76 Å². The number of amides is 2. The van der Waals surface area contributed by atoms with Gasteiger partial charge in [-0.25, -0.2) is 4.39 Å². The fraction of sp³-hybridized carbons (Fsp3) is 0.280. The summed E-state index contributed by atoms with van der Waals surface area (Å²) >= 11 is 11.9. The van der Waals surface area contributed by atoms with Crippen molar-refractivity contribution in [2.45, 2.75) is 32.5 Å². The fourth-order valence-electron chi connectivity index (χ4n) is 3.87. The molecule has 12 heteroatoms. The molecule has 2 aromatic carbocycles. The molecule has 0 spiro atoms. The first-order valence-corrected chi connectivity index (χ1v) is 12.2. The van der Waals surface area contributed by atoms with Crippen molar-refractivity contribution in [3.05, 3.63) is 86.7 Å². The molecule has 198 valence electrons. The second kappa shape index (κ2) is 12.2. The third-order valence-electron chi connectivity index (χ3n) is 5.66. The van der Waals surface area contributed by atoms with E-state index in [1.807, 2.05) is 13.8 Å². The van der Waals surface area contributed by atoms with Crippen molar-refractivity contribution in [1.29, 1.82) is 0 Å². The first kappa shape index (κ1) is 28.1. The van der Waals surface area contributed by atoms with Crippen LogP contribution in [0.15, 0.2) is 59.8 Å². The van der Waals surface area contributed by atoms with Crippen molar-refractivity contribution < 1.29 is 19.1 Å². The number of carbonyl (C=O) groups is 2. The summed E-state index contributed by atoms with van der Waals surface area (Å²) in [4.78, 5) is 27.1. The van der Waals surface area contributed by atoms with E-state index in [0.717, 1.165) is 12.1 Å². The minimum atomic E-state index is -0.695. The lowest BCUT2D eigenvalue weighted by atomic mass is 10.1. The van der Waals surface area contributed by atoms with Crippen LogP contribution in [0.3, 0.4) is 0 Å². The van der Waals surface area contributed by atoms with Crippen molar-refractivity contribution in [2.75, 3.05) is 18.4 Å². The van der Waals surface area contributed by atoms with E-state index in [9.17, 15) is 19.1 Å². The minimum absolute atomic E-state index is 0.0813. The Balaban J connectivity index is 1.61. The summed E-state index contributed by atoms with van der Waals surface area (Å²) < 4.78 is 13.7. The molecule has 2 amide bonds. The number of hydrogen-bond donors (Lipinski definition) is 6. The standard InChI is InChI=1S/C25H29Cl2FN6O3/c1-13-11-34(12-14(2)32-13)25(37)15-3-5-16(6-4-15)33-24(36)20(29)9-21(35)23(30)31-10-17-18(26)7-8-19(28)22(17)27/h3-9,13-14,31-32,35H,10-12,29-30H2,1-2H3,(H,33,36)/b20-9-,23-21-. The van der Waals surface area contributed by atoms with Gasteiger partial charge in [-0.05, 0) is 50.2 Å². The second-order valence-corrected chi connectivity index (χ2v) is 9.57. The number of allylic oxidation sites excluding steroid dienone is 1. The zero-order valence-corrected chi connectivity index (χ0v) is 21.8. The number of aliphatic hydroxyl groups is 1. The number of aliphatic hydroxyl groups excluding tert-OH is 1. The molecule has 0 aromatic heterocycles. The molecular weight excluding hydrogens is 522 g/mol. The summed E-state index contributed by atoms with van der Waals surface area (Å²) in [5.74, 6) is -2.18. The van der Waals surface area contributed by atoms with E-state index in [0.29, 0.717) is 24.3 Å². The molecule has 2 aromatic rings. The Hall–Kier alpha value is -3.47. The predicted octanol–water partition coefficient (Wildman–Crippen LogP) is 3.21. The smallest absolute Gasteiger partial charge is 0.271 e. The number of hydrogen-bond acceptors (Lipinski definition) is 7. The van der Waals surface area contributed by atoms with E-state index in [1.54, 1.807) is 29.2 Å². The molecule has 1 fully saturated rings. The SMILES string of the molecule is CC1CN(C(=O)c2ccc(NC(=O)/C(N)=C/C(O)=C(\N)NCc3c(Cl)ccc(F)c3Cl)cc2)CC(C)N1. The lowest BCUT2D eigenvalue weighted by molar-refractivity contribution is -0.112. The minimum Gasteiger partial charge on any atom is -0.504 e. The van der Waals surface area contributed by atoms with Gasteiger partial charge in [0.25, 0.3) is 11.8 Å². The Bertz CT molecular complexity index is 1230. The molecule has 1 saturated heterocycles. The first-order chi connectivity index (χ1) is 17.5. The second-order valence-electron chi connectivity index (χ2n) is 8.78. The molecule has 1 heterocycles. The Kier molecular flexibility index (Phi) is 9.25. The van der Waals surface area contributed by atoms with Crippen LogP contribution in [0.25, 0.3) is 0 Å². The summed E-state index contributed by atoms with van der Waals surface area (Å²) in [6, 6.07) is 9.30. The van der Waals surface area contributed by atoms with Crippen LogP contribution in [0.1, 0.15) is 29.8 Å². The molecule has 0 saturated carbocycles. The van der Waals surface area contributed by atoms with Gasteiger partial charge < -0.3 is 37.4 Å². The number of nitrogens with two attached hydrogens (primary N) is 2. The van der Waals surface area contributed by atoms with Gasteiger partial charge in [0.1, 0.15) is 17.3 Å². The quantitative estimate of drug-likeness (QED) is 0.134. The summed E-state index contributed by atoms with van der Waals surface area (Å²) in [6.45, 7) is 5.19. The molecule has 1 aliphatic heterocycles. The molecule has 8 N–H and O–H groups in total. The molecule has 0 radical (unpaired) electrons. The van der Waals surface area contributed by atoms with Gasteiger partial charge in [-0.1, -0.05) is 23.2 Å². The van der Waals surface area contributed by atoms with Crippen molar-refractivity contribution in [3.63, 3.8) is 0 Å². The molecule has 1 aliphatic rings. The van der Waals surface area contributed by atoms with Crippen molar-refractivity contribution in [2.24, 2.45) is 11.5 Å². The topological polar surface area (TPSA) is 146 Å². The van der Waals surface area contributed by atoms with Crippen LogP contribution in [0.2, 0.25) is 10.0 Å². The van der Waals surface area contributed by atoms with E-state index in [4.69, 9.17) is 34.7 Å². The number of nitrogens with one attached hydrogen (secondary N) is 3. The zero-order chi connectivity index (χ0) is 27.3. The maximum absolute atomic E-state index is 13.7. The third kappa shape index (κ3) is 7.28. The molecule has 9 nitrogen and oxygen atoms in total. The van der Waals surface area contributed by atoms with Gasteiger partial charge in [0.05, 0.1) is 5.02 Å². The highest BCUT2D eigenvalue weighted by molar-refractivity contribution is 6.36. The molecule has 2 atom stereocenters. The largest absolute Gasteiger partial charge is 0.504 e. The predicted molar refractivity (Wildman–Crippen MR) is 142 cm³/mol.